The van der Waals surface area contributed by atoms with Crippen LogP contribution in [0.25, 0.3) is 0 Å². The zero-order chi connectivity index (χ0) is 16.1. The summed E-state index contributed by atoms with van der Waals surface area (Å²) in [4.78, 5) is 16.4. The summed E-state index contributed by atoms with van der Waals surface area (Å²) in [6.45, 7) is 5.94. The molecule has 2 aromatic heterocycles. The maximum Gasteiger partial charge on any atom is 0.315 e. The summed E-state index contributed by atoms with van der Waals surface area (Å²) >= 11 is 1.60. The summed E-state index contributed by atoms with van der Waals surface area (Å²) < 4.78 is 2.11. The van der Waals surface area contributed by atoms with Gasteiger partial charge in [0.1, 0.15) is 0 Å². The molecule has 120 valence electrons. The number of nitrogens with one attached hydrogen (secondary N) is 2. The van der Waals surface area contributed by atoms with Crippen LogP contribution in [0.3, 0.4) is 0 Å². The number of amides is 2. The van der Waals surface area contributed by atoms with E-state index in [0.29, 0.717) is 0 Å². The lowest BCUT2D eigenvalue weighted by Gasteiger charge is -2.17. The van der Waals surface area contributed by atoms with Gasteiger partial charge in [0.25, 0.3) is 0 Å². The number of aromatic nitrogens is 2. The monoisotopic (exact) mass is 320 g/mol. The first-order chi connectivity index (χ1) is 10.5. The number of thiazole rings is 1. The quantitative estimate of drug-likeness (QED) is 0.859. The normalized spacial score (nSPS) is 13.6. The molecule has 6 heteroatoms. The lowest BCUT2D eigenvalue weighted by Crippen LogP contribution is -2.42. The Morgan fingerprint density at radius 3 is 2.77 bits per heavy atom. The smallest absolute Gasteiger partial charge is 0.315 e. The molecule has 0 radical (unpaired) electrons. The summed E-state index contributed by atoms with van der Waals surface area (Å²) in [6.07, 6.45) is 3.90. The highest BCUT2D eigenvalue weighted by Crippen LogP contribution is 2.15. The van der Waals surface area contributed by atoms with E-state index in [0.717, 1.165) is 23.5 Å². The number of carbonyl (C=O) groups is 1. The van der Waals surface area contributed by atoms with Crippen LogP contribution >= 0.6 is 11.3 Å². The number of hydrogen-bond donors (Lipinski definition) is 2. The number of carbonyl (C=O) groups excluding carboxylic acids is 1. The van der Waals surface area contributed by atoms with Crippen LogP contribution in [0.2, 0.25) is 0 Å². The molecule has 0 aliphatic rings. The van der Waals surface area contributed by atoms with Gasteiger partial charge in [-0.15, -0.1) is 11.3 Å². The van der Waals surface area contributed by atoms with Gasteiger partial charge in [-0.05, 0) is 45.7 Å². The average Bonchev–Trinajstić information content (AvgIpc) is 3.05. The second kappa shape index (κ2) is 7.45. The largest absolute Gasteiger partial charge is 0.354 e. The van der Waals surface area contributed by atoms with Gasteiger partial charge < -0.3 is 15.2 Å². The molecule has 0 aliphatic carbocycles. The minimum Gasteiger partial charge on any atom is -0.354 e. The molecule has 2 N–H and O–H groups in total. The Kier molecular flexibility index (Phi) is 5.60. The summed E-state index contributed by atoms with van der Waals surface area (Å²) in [5, 5.41) is 8.92. The Bertz CT molecular complexity index is 619. The van der Waals surface area contributed by atoms with Crippen molar-refractivity contribution in [2.75, 3.05) is 0 Å². The predicted octanol–water partition coefficient (Wildman–Crippen LogP) is 3.17. The van der Waals surface area contributed by atoms with Crippen molar-refractivity contribution >= 4 is 17.4 Å². The highest BCUT2D eigenvalue weighted by molar-refractivity contribution is 7.09. The summed E-state index contributed by atoms with van der Waals surface area (Å²) in [5.41, 5.74) is 2.19. The molecule has 0 bridgehead atoms. The number of nitrogens with zero attached hydrogens (tertiary/aromatic N) is 2. The molecule has 0 aromatic carbocycles. The van der Waals surface area contributed by atoms with Crippen LogP contribution in [0.1, 0.15) is 42.7 Å². The number of hydrogen-bond acceptors (Lipinski definition) is 3. The van der Waals surface area contributed by atoms with Gasteiger partial charge in [-0.3, -0.25) is 0 Å². The molecule has 5 nitrogen and oxygen atoms in total. The third-order valence-corrected chi connectivity index (χ3v) is 4.48. The highest BCUT2D eigenvalue weighted by Gasteiger charge is 2.14. The predicted molar refractivity (Wildman–Crippen MR) is 90.1 cm³/mol. The van der Waals surface area contributed by atoms with Crippen LogP contribution in [-0.4, -0.2) is 21.6 Å². The Balaban J connectivity index is 1.75. The first kappa shape index (κ1) is 16.5. The molecule has 2 heterocycles. The van der Waals surface area contributed by atoms with E-state index in [1.165, 1.54) is 5.69 Å². The van der Waals surface area contributed by atoms with Crippen LogP contribution in [0, 0.1) is 6.92 Å². The van der Waals surface area contributed by atoms with Crippen molar-refractivity contribution < 1.29 is 4.79 Å². The number of rotatable bonds is 6. The molecular formula is C16H24N4OS. The molecule has 2 unspecified atom stereocenters. The standard InChI is InChI=1S/C16H24N4OS/c1-11(7-8-14-6-5-9-20(14)4)17-16(21)18-12(2)15-10-22-13(3)19-15/h5-6,9-12H,7-8H2,1-4H3,(H2,17,18,21). The van der Waals surface area contributed by atoms with E-state index in [9.17, 15) is 4.79 Å². The van der Waals surface area contributed by atoms with Crippen molar-refractivity contribution in [3.8, 4) is 0 Å². The van der Waals surface area contributed by atoms with Gasteiger partial charge in [0, 0.05) is 30.4 Å². The van der Waals surface area contributed by atoms with E-state index >= 15 is 0 Å². The Morgan fingerprint density at radius 2 is 2.18 bits per heavy atom. The molecular weight excluding hydrogens is 296 g/mol. The molecule has 0 saturated carbocycles. The minimum absolute atomic E-state index is 0.0787. The van der Waals surface area contributed by atoms with Crippen molar-refractivity contribution in [3.05, 3.63) is 40.1 Å². The third kappa shape index (κ3) is 4.59. The zero-order valence-electron chi connectivity index (χ0n) is 13.6. The third-order valence-electron chi connectivity index (χ3n) is 3.69. The Hall–Kier alpha value is -1.82. The lowest BCUT2D eigenvalue weighted by atomic mass is 10.1. The van der Waals surface area contributed by atoms with Gasteiger partial charge >= 0.3 is 6.03 Å². The first-order valence-corrected chi connectivity index (χ1v) is 8.43. The van der Waals surface area contributed by atoms with Crippen LogP contribution in [0.5, 0.6) is 0 Å². The Labute approximate surface area is 135 Å². The zero-order valence-corrected chi connectivity index (χ0v) is 14.4. The molecule has 2 atom stereocenters. The molecule has 0 fully saturated rings. The molecule has 2 amide bonds. The summed E-state index contributed by atoms with van der Waals surface area (Å²) in [7, 11) is 2.04. The molecule has 2 rings (SSSR count). The van der Waals surface area contributed by atoms with E-state index in [-0.39, 0.29) is 18.1 Å². The van der Waals surface area contributed by atoms with E-state index < -0.39 is 0 Å². The van der Waals surface area contributed by atoms with E-state index in [2.05, 4.69) is 26.3 Å². The van der Waals surface area contributed by atoms with E-state index in [4.69, 9.17) is 0 Å². The van der Waals surface area contributed by atoms with Crippen LogP contribution in [0.4, 0.5) is 4.79 Å². The summed E-state index contributed by atoms with van der Waals surface area (Å²) in [6, 6.07) is 4.05. The Morgan fingerprint density at radius 1 is 1.41 bits per heavy atom. The molecule has 0 spiro atoms. The highest BCUT2D eigenvalue weighted by atomic mass is 32.1. The van der Waals surface area contributed by atoms with Gasteiger partial charge in [-0.25, -0.2) is 9.78 Å². The van der Waals surface area contributed by atoms with Crippen molar-refractivity contribution in [2.24, 2.45) is 7.05 Å². The molecule has 2 aromatic rings. The fourth-order valence-electron chi connectivity index (χ4n) is 2.31. The van der Waals surface area contributed by atoms with Crippen LogP contribution in [-0.2, 0) is 13.5 Å². The topological polar surface area (TPSA) is 59.0 Å². The van der Waals surface area contributed by atoms with Gasteiger partial charge in [0.2, 0.25) is 0 Å². The van der Waals surface area contributed by atoms with Crippen LogP contribution < -0.4 is 10.6 Å². The SMILES string of the molecule is Cc1nc(C(C)NC(=O)NC(C)CCc2cccn2C)cs1. The molecule has 22 heavy (non-hydrogen) atoms. The fourth-order valence-corrected chi connectivity index (χ4v) is 3.01. The van der Waals surface area contributed by atoms with E-state index in [1.807, 2.05) is 45.5 Å². The maximum atomic E-state index is 12.0. The van der Waals surface area contributed by atoms with E-state index in [1.54, 1.807) is 11.3 Å². The fraction of sp³-hybridized carbons (Fsp3) is 0.500. The molecule has 0 saturated heterocycles. The second-order valence-electron chi connectivity index (χ2n) is 5.68. The number of aryl methyl sites for hydroxylation is 3. The van der Waals surface area contributed by atoms with Crippen molar-refractivity contribution in [1.29, 1.82) is 0 Å². The van der Waals surface area contributed by atoms with Crippen LogP contribution in [0.15, 0.2) is 23.7 Å². The van der Waals surface area contributed by atoms with Gasteiger partial charge in [0.15, 0.2) is 0 Å². The minimum atomic E-state index is -0.141. The maximum absolute atomic E-state index is 12.0. The van der Waals surface area contributed by atoms with Gasteiger partial charge in [-0.2, -0.15) is 0 Å². The van der Waals surface area contributed by atoms with Crippen molar-refractivity contribution in [3.63, 3.8) is 0 Å². The van der Waals surface area contributed by atoms with Gasteiger partial charge in [-0.1, -0.05) is 0 Å². The number of urea groups is 1. The van der Waals surface area contributed by atoms with Crippen molar-refractivity contribution in [1.82, 2.24) is 20.2 Å². The van der Waals surface area contributed by atoms with Gasteiger partial charge in [0.05, 0.1) is 16.7 Å². The van der Waals surface area contributed by atoms with Crippen molar-refractivity contribution in [2.45, 2.75) is 45.7 Å². The lowest BCUT2D eigenvalue weighted by molar-refractivity contribution is 0.234. The second-order valence-corrected chi connectivity index (χ2v) is 6.74. The average molecular weight is 320 g/mol. The summed E-state index contributed by atoms with van der Waals surface area (Å²) in [5.74, 6) is 0. The first-order valence-electron chi connectivity index (χ1n) is 7.55. The molecule has 0 aliphatic heterocycles.